The van der Waals surface area contributed by atoms with Gasteiger partial charge < -0.3 is 19.9 Å². The van der Waals surface area contributed by atoms with Crippen molar-refractivity contribution in [3.8, 4) is 5.75 Å². The monoisotopic (exact) mass is 381 g/mol. The van der Waals surface area contributed by atoms with E-state index in [-0.39, 0.29) is 11.4 Å². The first-order valence-corrected chi connectivity index (χ1v) is 8.75. The molecule has 1 aromatic heterocycles. The molecule has 0 aliphatic rings. The van der Waals surface area contributed by atoms with Crippen LogP contribution in [0.3, 0.4) is 0 Å². The highest BCUT2D eigenvalue weighted by molar-refractivity contribution is 6.24. The van der Waals surface area contributed by atoms with Gasteiger partial charge in [-0.1, -0.05) is 5.16 Å². The number of halogens is 1. The summed E-state index contributed by atoms with van der Waals surface area (Å²) in [5, 5.41) is 9.62. The minimum Gasteiger partial charge on any atom is -0.494 e. The van der Waals surface area contributed by atoms with Gasteiger partial charge in [0.25, 0.3) is 5.91 Å². The topological polar surface area (TPSA) is 76.4 Å². The van der Waals surface area contributed by atoms with Crippen molar-refractivity contribution in [1.29, 1.82) is 0 Å². The molecule has 0 radical (unpaired) electrons. The molecule has 2 aromatic carbocycles. The molecule has 0 bridgehead atoms. The smallest absolute Gasteiger partial charge is 0.261 e. The van der Waals surface area contributed by atoms with Crippen LogP contribution in [0.1, 0.15) is 18.4 Å². The van der Waals surface area contributed by atoms with E-state index in [4.69, 9.17) is 9.26 Å². The lowest BCUT2D eigenvalue weighted by Gasteiger charge is -2.09. The molecule has 6 nitrogen and oxygen atoms in total. The highest BCUT2D eigenvalue weighted by Crippen LogP contribution is 2.21. The number of ether oxygens (including phenoxy) is 1. The highest BCUT2D eigenvalue weighted by Gasteiger charge is 2.17. The third kappa shape index (κ3) is 4.97. The molecule has 7 heteroatoms. The lowest BCUT2D eigenvalue weighted by Crippen LogP contribution is -2.14. The first-order chi connectivity index (χ1) is 13.5. The number of hydrogen-bond acceptors (Lipinski definition) is 5. The van der Waals surface area contributed by atoms with E-state index >= 15 is 0 Å². The summed E-state index contributed by atoms with van der Waals surface area (Å²) < 4.78 is 23.7. The van der Waals surface area contributed by atoms with Gasteiger partial charge in [0.1, 0.15) is 17.1 Å². The number of hydrogen-bond donors (Lipinski definition) is 2. The van der Waals surface area contributed by atoms with Crippen LogP contribution in [0.2, 0.25) is 0 Å². The third-order valence-electron chi connectivity index (χ3n) is 3.79. The zero-order valence-corrected chi connectivity index (χ0v) is 15.5. The van der Waals surface area contributed by atoms with Gasteiger partial charge >= 0.3 is 0 Å². The van der Waals surface area contributed by atoms with E-state index in [0.29, 0.717) is 23.7 Å². The highest BCUT2D eigenvalue weighted by atomic mass is 19.1. The minimum atomic E-state index is -0.416. The van der Waals surface area contributed by atoms with Gasteiger partial charge in [-0.2, -0.15) is 0 Å². The van der Waals surface area contributed by atoms with Gasteiger partial charge in [0.2, 0.25) is 0 Å². The standard InChI is InChI=1S/C21H20FN3O3/c1-3-27-18-10-8-16(9-11-18)23-13-19(20-12-14(2)25-28-20)21(26)24-17-6-4-15(22)5-7-17/h4-13,23H,3H2,1-2H3,(H,24,26)/b19-13-. The maximum absolute atomic E-state index is 13.1. The molecule has 1 amide bonds. The van der Waals surface area contributed by atoms with Crippen LogP contribution in [0.5, 0.6) is 5.75 Å². The van der Waals surface area contributed by atoms with E-state index < -0.39 is 5.91 Å². The predicted octanol–water partition coefficient (Wildman–Crippen LogP) is 4.61. The number of benzene rings is 2. The average Bonchev–Trinajstić information content (AvgIpc) is 3.11. The van der Waals surface area contributed by atoms with Crippen molar-refractivity contribution in [1.82, 2.24) is 5.16 Å². The lowest BCUT2D eigenvalue weighted by atomic mass is 10.2. The predicted molar refractivity (Wildman–Crippen MR) is 105 cm³/mol. The molecule has 0 fully saturated rings. The van der Waals surface area contributed by atoms with Crippen LogP contribution >= 0.6 is 0 Å². The SMILES string of the molecule is CCOc1ccc(N/C=C(\C(=O)Nc2ccc(F)cc2)c2cc(C)no2)cc1. The number of rotatable bonds is 7. The molecular weight excluding hydrogens is 361 g/mol. The fourth-order valence-corrected chi connectivity index (χ4v) is 2.44. The molecule has 2 N–H and O–H groups in total. The van der Waals surface area contributed by atoms with Crippen LogP contribution in [0.4, 0.5) is 15.8 Å². The summed E-state index contributed by atoms with van der Waals surface area (Å²) in [6, 6.07) is 14.5. The van der Waals surface area contributed by atoms with Crippen molar-refractivity contribution in [2.24, 2.45) is 0 Å². The fourth-order valence-electron chi connectivity index (χ4n) is 2.44. The van der Waals surface area contributed by atoms with Crippen molar-refractivity contribution < 1.29 is 18.4 Å². The molecular formula is C21H20FN3O3. The van der Waals surface area contributed by atoms with Crippen LogP contribution in [-0.4, -0.2) is 17.7 Å². The first-order valence-electron chi connectivity index (χ1n) is 8.75. The normalized spacial score (nSPS) is 11.2. The number of carbonyl (C=O) groups is 1. The summed E-state index contributed by atoms with van der Waals surface area (Å²) in [7, 11) is 0. The number of nitrogens with one attached hydrogen (secondary N) is 2. The Balaban J connectivity index is 1.80. The van der Waals surface area contributed by atoms with Crippen molar-refractivity contribution in [3.63, 3.8) is 0 Å². The van der Waals surface area contributed by atoms with Crippen LogP contribution in [0, 0.1) is 12.7 Å². The number of nitrogens with zero attached hydrogens (tertiary/aromatic N) is 1. The molecule has 0 aliphatic carbocycles. The molecule has 0 saturated heterocycles. The van der Waals surface area contributed by atoms with Crippen LogP contribution in [-0.2, 0) is 4.79 Å². The average molecular weight is 381 g/mol. The number of aromatic nitrogens is 1. The summed E-state index contributed by atoms with van der Waals surface area (Å²) in [6.07, 6.45) is 1.54. The largest absolute Gasteiger partial charge is 0.494 e. The van der Waals surface area contributed by atoms with Crippen molar-refractivity contribution >= 4 is 22.9 Å². The zero-order chi connectivity index (χ0) is 19.9. The minimum absolute atomic E-state index is 0.249. The number of aryl methyl sites for hydroxylation is 1. The zero-order valence-electron chi connectivity index (χ0n) is 15.5. The maximum atomic E-state index is 13.1. The molecule has 1 heterocycles. The van der Waals surface area contributed by atoms with Gasteiger partial charge in [-0.3, -0.25) is 4.79 Å². The fraction of sp³-hybridized carbons (Fsp3) is 0.143. The van der Waals surface area contributed by atoms with Crippen LogP contribution in [0.25, 0.3) is 5.57 Å². The third-order valence-corrected chi connectivity index (χ3v) is 3.79. The van der Waals surface area contributed by atoms with Gasteiger partial charge in [0, 0.05) is 23.6 Å². The molecule has 3 rings (SSSR count). The Morgan fingerprint density at radius 3 is 2.43 bits per heavy atom. The molecule has 0 unspecified atom stereocenters. The number of anilines is 2. The Hall–Kier alpha value is -3.61. The maximum Gasteiger partial charge on any atom is 0.261 e. The summed E-state index contributed by atoms with van der Waals surface area (Å²) in [6.45, 7) is 4.27. The van der Waals surface area contributed by atoms with Crippen molar-refractivity contribution in [2.75, 3.05) is 17.2 Å². The first kappa shape index (κ1) is 19.2. The second-order valence-electron chi connectivity index (χ2n) is 5.95. The second-order valence-corrected chi connectivity index (χ2v) is 5.95. The van der Waals surface area contributed by atoms with Gasteiger partial charge in [-0.05, 0) is 62.4 Å². The molecule has 144 valence electrons. The van der Waals surface area contributed by atoms with Crippen molar-refractivity contribution in [2.45, 2.75) is 13.8 Å². The van der Waals surface area contributed by atoms with E-state index in [1.165, 1.54) is 30.5 Å². The Morgan fingerprint density at radius 1 is 1.14 bits per heavy atom. The number of carbonyl (C=O) groups excluding carboxylic acids is 1. The van der Waals surface area contributed by atoms with Gasteiger partial charge in [0.05, 0.1) is 12.3 Å². The summed E-state index contributed by atoms with van der Waals surface area (Å²) in [5.74, 6) is 0.283. The van der Waals surface area contributed by atoms with E-state index in [0.717, 1.165) is 11.4 Å². The summed E-state index contributed by atoms with van der Waals surface area (Å²) in [4.78, 5) is 12.7. The second kappa shape index (κ2) is 8.85. The molecule has 0 aliphatic heterocycles. The van der Waals surface area contributed by atoms with E-state index in [2.05, 4.69) is 15.8 Å². The van der Waals surface area contributed by atoms with Crippen LogP contribution in [0.15, 0.2) is 65.3 Å². The van der Waals surface area contributed by atoms with Gasteiger partial charge in [0.15, 0.2) is 5.76 Å². The molecule has 0 saturated carbocycles. The Morgan fingerprint density at radius 2 is 1.82 bits per heavy atom. The number of amides is 1. The summed E-state index contributed by atoms with van der Waals surface area (Å²) >= 11 is 0. The molecule has 28 heavy (non-hydrogen) atoms. The van der Waals surface area contributed by atoms with E-state index in [9.17, 15) is 9.18 Å². The van der Waals surface area contributed by atoms with E-state index in [1.54, 1.807) is 13.0 Å². The van der Waals surface area contributed by atoms with E-state index in [1.807, 2.05) is 31.2 Å². The Bertz CT molecular complexity index is 963. The molecule has 0 atom stereocenters. The quantitative estimate of drug-likeness (QED) is 0.585. The van der Waals surface area contributed by atoms with Gasteiger partial charge in [-0.15, -0.1) is 0 Å². The molecule has 3 aromatic rings. The lowest BCUT2D eigenvalue weighted by molar-refractivity contribution is -0.111. The van der Waals surface area contributed by atoms with Crippen LogP contribution < -0.4 is 15.4 Å². The van der Waals surface area contributed by atoms with Crippen molar-refractivity contribution in [3.05, 3.63) is 78.1 Å². The molecule has 0 spiro atoms. The Labute approximate surface area is 162 Å². The van der Waals surface area contributed by atoms with Gasteiger partial charge in [-0.25, -0.2) is 4.39 Å². The Kier molecular flexibility index (Phi) is 6.06. The summed E-state index contributed by atoms with van der Waals surface area (Å²) in [5.41, 5.74) is 2.14.